The number of hydrogen-bond acceptors (Lipinski definition) is 2. The Hall–Kier alpha value is -1.64. The van der Waals surface area contributed by atoms with Crippen molar-refractivity contribution >= 4 is 11.3 Å². The molecule has 2 heterocycles. The van der Waals surface area contributed by atoms with E-state index in [1.54, 1.807) is 6.92 Å². The van der Waals surface area contributed by atoms with Crippen molar-refractivity contribution in [3.63, 3.8) is 0 Å². The zero-order valence-corrected chi connectivity index (χ0v) is 9.19. The van der Waals surface area contributed by atoms with Crippen LogP contribution in [0.25, 0.3) is 5.52 Å². The summed E-state index contributed by atoms with van der Waals surface area (Å²) in [5.74, 6) is 0.855. The summed E-state index contributed by atoms with van der Waals surface area (Å²) >= 11 is 0. The lowest BCUT2D eigenvalue weighted by molar-refractivity contribution is 0.100. The maximum Gasteiger partial charge on any atom is 0.195 e. The van der Waals surface area contributed by atoms with E-state index in [-0.39, 0.29) is 5.78 Å². The number of fused-ring (bicyclic) bond motifs is 1. The van der Waals surface area contributed by atoms with Crippen molar-refractivity contribution in [2.24, 2.45) is 0 Å². The molecule has 0 aliphatic carbocycles. The normalized spacial score (nSPS) is 11.2. The van der Waals surface area contributed by atoms with Crippen LogP contribution in [0.5, 0.6) is 0 Å². The number of ketones is 1. The number of carbonyl (C=O) groups excluding carboxylic acids is 1. The molecule has 0 bridgehead atoms. The predicted molar refractivity (Wildman–Crippen MR) is 59.3 cm³/mol. The van der Waals surface area contributed by atoms with Gasteiger partial charge in [-0.3, -0.25) is 9.20 Å². The third-order valence-electron chi connectivity index (χ3n) is 2.44. The lowest BCUT2D eigenvalue weighted by Crippen LogP contribution is -1.99. The van der Waals surface area contributed by atoms with E-state index < -0.39 is 0 Å². The number of carbonyl (C=O) groups is 1. The zero-order chi connectivity index (χ0) is 11.0. The van der Waals surface area contributed by atoms with Crippen LogP contribution in [-0.2, 0) is 0 Å². The van der Waals surface area contributed by atoms with Crippen molar-refractivity contribution in [2.75, 3.05) is 0 Å². The van der Waals surface area contributed by atoms with Gasteiger partial charge < -0.3 is 0 Å². The third-order valence-corrected chi connectivity index (χ3v) is 2.44. The summed E-state index contributed by atoms with van der Waals surface area (Å²) in [6, 6.07) is 5.87. The summed E-state index contributed by atoms with van der Waals surface area (Å²) in [5.41, 5.74) is 2.01. The lowest BCUT2D eigenvalue weighted by atomic mass is 10.1. The average molecular weight is 202 g/mol. The van der Waals surface area contributed by atoms with Crippen molar-refractivity contribution < 1.29 is 4.79 Å². The molecule has 0 aliphatic rings. The highest BCUT2D eigenvalue weighted by Crippen LogP contribution is 2.20. The Balaban J connectivity index is 2.79. The van der Waals surface area contributed by atoms with Crippen LogP contribution in [0, 0.1) is 0 Å². The van der Waals surface area contributed by atoms with Crippen LogP contribution in [0.2, 0.25) is 0 Å². The minimum Gasteiger partial charge on any atom is -0.297 e. The van der Waals surface area contributed by atoms with Crippen LogP contribution in [0.1, 0.15) is 43.0 Å². The van der Waals surface area contributed by atoms with Gasteiger partial charge in [0.25, 0.3) is 0 Å². The van der Waals surface area contributed by atoms with Crippen LogP contribution in [0.3, 0.4) is 0 Å². The smallest absolute Gasteiger partial charge is 0.195 e. The van der Waals surface area contributed by atoms with Gasteiger partial charge in [-0.25, -0.2) is 4.98 Å². The largest absolute Gasteiger partial charge is 0.297 e. The van der Waals surface area contributed by atoms with E-state index >= 15 is 0 Å². The molecule has 78 valence electrons. The van der Waals surface area contributed by atoms with E-state index in [0.717, 1.165) is 11.2 Å². The van der Waals surface area contributed by atoms with Gasteiger partial charge in [0.15, 0.2) is 11.6 Å². The van der Waals surface area contributed by atoms with E-state index in [1.807, 2.05) is 28.8 Å². The molecule has 2 aromatic heterocycles. The molecule has 0 aromatic carbocycles. The molecule has 0 atom stereocenters. The second kappa shape index (κ2) is 3.50. The number of Topliss-reactive ketones (excluding diaryl/α,β-unsaturated/α-hetero) is 1. The molecular weight excluding hydrogens is 188 g/mol. The molecule has 2 rings (SSSR count). The van der Waals surface area contributed by atoms with E-state index in [0.29, 0.717) is 11.7 Å². The molecule has 0 radical (unpaired) electrons. The van der Waals surface area contributed by atoms with Crippen molar-refractivity contribution in [1.82, 2.24) is 9.38 Å². The van der Waals surface area contributed by atoms with Crippen LogP contribution in [0.4, 0.5) is 0 Å². The molecular formula is C12H14N2O. The molecule has 0 N–H and O–H groups in total. The fourth-order valence-electron chi connectivity index (χ4n) is 1.73. The first kappa shape index (κ1) is 9.90. The molecule has 3 nitrogen and oxygen atoms in total. The minimum atomic E-state index is 0.00287. The van der Waals surface area contributed by atoms with Crippen molar-refractivity contribution in [3.05, 3.63) is 35.9 Å². The first-order valence-electron chi connectivity index (χ1n) is 5.09. The molecule has 2 aromatic rings. The maximum absolute atomic E-state index is 11.4. The summed E-state index contributed by atoms with van der Waals surface area (Å²) in [4.78, 5) is 15.8. The van der Waals surface area contributed by atoms with E-state index in [4.69, 9.17) is 0 Å². The van der Waals surface area contributed by atoms with Crippen LogP contribution in [-0.4, -0.2) is 15.2 Å². The second-order valence-corrected chi connectivity index (χ2v) is 3.99. The molecule has 15 heavy (non-hydrogen) atoms. The lowest BCUT2D eigenvalue weighted by Gasteiger charge is -2.00. The Morgan fingerprint density at radius 1 is 1.40 bits per heavy atom. The van der Waals surface area contributed by atoms with E-state index in [1.165, 1.54) is 0 Å². The van der Waals surface area contributed by atoms with Gasteiger partial charge in [0.1, 0.15) is 0 Å². The Bertz CT molecular complexity index is 511. The summed E-state index contributed by atoms with van der Waals surface area (Å²) < 4.78 is 1.86. The number of hydrogen-bond donors (Lipinski definition) is 0. The molecule has 0 amide bonds. The van der Waals surface area contributed by atoms with Crippen LogP contribution in [0.15, 0.2) is 24.4 Å². The van der Waals surface area contributed by atoms with Gasteiger partial charge in [-0.1, -0.05) is 19.9 Å². The average Bonchev–Trinajstić information content (AvgIpc) is 2.56. The highest BCUT2D eigenvalue weighted by molar-refractivity contribution is 5.92. The Kier molecular flexibility index (Phi) is 2.31. The molecule has 0 spiro atoms. The first-order chi connectivity index (χ1) is 7.11. The number of nitrogens with zero attached hydrogens (tertiary/aromatic N) is 2. The minimum absolute atomic E-state index is 0.00287. The monoisotopic (exact) mass is 202 g/mol. The third kappa shape index (κ3) is 1.54. The predicted octanol–water partition coefficient (Wildman–Crippen LogP) is 2.66. The Morgan fingerprint density at radius 2 is 2.13 bits per heavy atom. The van der Waals surface area contributed by atoms with Crippen LogP contribution >= 0.6 is 0 Å². The highest BCUT2D eigenvalue weighted by Gasteiger charge is 2.15. The number of pyridine rings is 1. The molecule has 3 heteroatoms. The number of rotatable bonds is 2. The summed E-state index contributed by atoms with van der Waals surface area (Å²) in [6.07, 6.45) is 1.88. The van der Waals surface area contributed by atoms with Gasteiger partial charge in [0.2, 0.25) is 0 Å². The number of imidazole rings is 1. The van der Waals surface area contributed by atoms with Crippen molar-refractivity contribution in [1.29, 1.82) is 0 Å². The Labute approximate surface area is 88.8 Å². The molecule has 0 aliphatic heterocycles. The maximum atomic E-state index is 11.4. The Morgan fingerprint density at radius 3 is 2.73 bits per heavy atom. The van der Waals surface area contributed by atoms with E-state index in [9.17, 15) is 4.79 Å². The van der Waals surface area contributed by atoms with Crippen LogP contribution < -0.4 is 0 Å². The van der Waals surface area contributed by atoms with Gasteiger partial charge >= 0.3 is 0 Å². The zero-order valence-electron chi connectivity index (χ0n) is 9.19. The second-order valence-electron chi connectivity index (χ2n) is 3.99. The van der Waals surface area contributed by atoms with Gasteiger partial charge in [0.05, 0.1) is 11.2 Å². The highest BCUT2D eigenvalue weighted by atomic mass is 16.1. The summed E-state index contributed by atoms with van der Waals surface area (Å²) in [5, 5.41) is 0. The fourth-order valence-corrected chi connectivity index (χ4v) is 1.73. The molecule has 0 unspecified atom stereocenters. The standard InChI is InChI=1S/C12H14N2O/c1-8(2)11-10-6-4-5-7-14(10)12(13-11)9(3)15/h4-8H,1-3H3. The SMILES string of the molecule is CC(=O)c1nc(C(C)C)c2ccccn12. The topological polar surface area (TPSA) is 34.4 Å². The number of aromatic nitrogens is 2. The van der Waals surface area contributed by atoms with Crippen molar-refractivity contribution in [3.8, 4) is 0 Å². The van der Waals surface area contributed by atoms with E-state index in [2.05, 4.69) is 18.8 Å². The molecule has 0 saturated heterocycles. The summed E-state index contributed by atoms with van der Waals surface area (Å²) in [7, 11) is 0. The molecule has 0 fully saturated rings. The summed E-state index contributed by atoms with van der Waals surface area (Å²) in [6.45, 7) is 5.71. The van der Waals surface area contributed by atoms with Gasteiger partial charge in [-0.05, 0) is 18.1 Å². The quantitative estimate of drug-likeness (QED) is 0.701. The van der Waals surface area contributed by atoms with Gasteiger partial charge in [0, 0.05) is 13.1 Å². The fraction of sp³-hybridized carbons (Fsp3) is 0.333. The van der Waals surface area contributed by atoms with Gasteiger partial charge in [-0.15, -0.1) is 0 Å². The van der Waals surface area contributed by atoms with Gasteiger partial charge in [-0.2, -0.15) is 0 Å². The molecule has 0 saturated carbocycles. The van der Waals surface area contributed by atoms with Crippen molar-refractivity contribution in [2.45, 2.75) is 26.7 Å². The first-order valence-corrected chi connectivity index (χ1v) is 5.09.